The molecule has 0 bridgehead atoms. The summed E-state index contributed by atoms with van der Waals surface area (Å²) in [5, 5.41) is 45.4. The van der Waals surface area contributed by atoms with E-state index in [0.29, 0.717) is 98.2 Å². The summed E-state index contributed by atoms with van der Waals surface area (Å²) in [6.07, 6.45) is 2.10. The van der Waals surface area contributed by atoms with Crippen molar-refractivity contribution in [1.82, 2.24) is 64.8 Å². The number of pyridine rings is 5. The number of aliphatic carboxylic acids is 1. The number of hydrogen-bond donors (Lipinski definition) is 13. The highest BCUT2D eigenvalue weighted by molar-refractivity contribution is 6.33. The minimum absolute atomic E-state index is 0.0313. The number of carbonyl (C=O) groups excluding carboxylic acids is 2. The Morgan fingerprint density at radius 3 is 1.20 bits per heavy atom. The summed E-state index contributed by atoms with van der Waals surface area (Å²) in [7, 11) is 0. The smallest absolute Gasteiger partial charge is 0.416 e. The van der Waals surface area contributed by atoms with Crippen molar-refractivity contribution in [2.75, 3.05) is 27.8 Å². The van der Waals surface area contributed by atoms with Crippen LogP contribution in [0, 0.1) is 30.3 Å². The van der Waals surface area contributed by atoms with Gasteiger partial charge in [0, 0.05) is 110 Å². The van der Waals surface area contributed by atoms with E-state index in [2.05, 4.69) is 80.4 Å². The Kier molecular flexibility index (Phi) is 29.9. The number of benzene rings is 7. The minimum Gasteiger partial charge on any atom is -0.481 e. The molecular formula is C81H64Cl2F6N22O13. The minimum atomic E-state index is -4.49. The molecule has 35 nitrogen and oxygen atoms in total. The third-order valence-electron chi connectivity index (χ3n) is 17.0. The van der Waals surface area contributed by atoms with Gasteiger partial charge in [-0.3, -0.25) is 49.5 Å². The molecule has 0 atom stereocenters. The number of non-ortho nitro benzene ring substituents is 3. The number of carboxylic acids is 1. The number of carbonyl (C=O) groups is 2. The number of hydrogen-bond acceptors (Lipinski definition) is 22. The van der Waals surface area contributed by atoms with Gasteiger partial charge in [0.2, 0.25) is 6.08 Å². The molecule has 7 aromatic carbocycles. The van der Waals surface area contributed by atoms with Crippen LogP contribution in [0.3, 0.4) is 0 Å². The summed E-state index contributed by atoms with van der Waals surface area (Å²) in [6.45, 7) is 0. The van der Waals surface area contributed by atoms with E-state index in [9.17, 15) is 85.5 Å². The molecule has 0 fully saturated rings. The maximum absolute atomic E-state index is 12.8. The highest BCUT2D eigenvalue weighted by atomic mass is 35.5. The highest BCUT2D eigenvalue weighted by Crippen LogP contribution is 2.33. The van der Waals surface area contributed by atoms with E-state index in [1.54, 1.807) is 97.5 Å². The van der Waals surface area contributed by atoms with Gasteiger partial charge >= 0.3 is 24.4 Å². The number of imidazole rings is 4. The van der Waals surface area contributed by atoms with Gasteiger partial charge in [-0.05, 0) is 119 Å². The lowest BCUT2D eigenvalue weighted by Gasteiger charge is -2.11. The molecule has 9 aromatic heterocycles. The monoisotopic (exact) mass is 1740 g/mol. The van der Waals surface area contributed by atoms with Gasteiger partial charge in [0.05, 0.1) is 71.4 Å². The second-order valence-corrected chi connectivity index (χ2v) is 26.7. The summed E-state index contributed by atoms with van der Waals surface area (Å²) < 4.78 is 74.5. The van der Waals surface area contributed by atoms with Crippen LogP contribution in [0.4, 0.5) is 82.3 Å². The quantitative estimate of drug-likeness (QED) is 0.00812. The maximum atomic E-state index is 12.8. The summed E-state index contributed by atoms with van der Waals surface area (Å²) in [6, 6.07) is 49.1. The number of nitrogens with two attached hydrogens (primary N) is 3. The fourth-order valence-corrected chi connectivity index (χ4v) is 11.5. The lowest BCUT2D eigenvalue weighted by atomic mass is 10.1. The number of nitrogen functional groups attached to an aromatic ring is 3. The SMILES string of the molecule is Nc1ccc(Cc2nc3c(=O)[nH]ccc3[nH]2)cc1.Nc1ccnc(Cl)c1N.O=C(Nc1ccc(Cc2nc3c(=O)[nH]ccc3[nH]2)cc1)Nc1cccc(C(F)(F)F)c1.O=C(O)Cc1ccc([N+](=O)[O-])cc1.O=C=Nc1cccc(C(F)(F)F)c1.O=[N+]([O-])c1ccc(Cc2nc3c(Cl)nccc3[nH]2)cc1.O=c1[nH]ccc2[nH]c(Cc3ccc([N+](=O)[O-])cc3)nc12. The molecule has 632 valence electrons. The largest absolute Gasteiger partial charge is 0.481 e. The van der Waals surface area contributed by atoms with Gasteiger partial charge in [0.25, 0.3) is 33.7 Å². The number of nitrogens with zero attached hydrogens (tertiary/aromatic N) is 10. The van der Waals surface area contributed by atoms with Gasteiger partial charge in [0.15, 0.2) is 26.9 Å². The first-order valence-corrected chi connectivity index (χ1v) is 36.6. The number of nitro groups is 3. The van der Waals surface area contributed by atoms with Crippen LogP contribution in [-0.2, 0) is 54.0 Å². The van der Waals surface area contributed by atoms with Gasteiger partial charge in [-0.2, -0.15) is 31.3 Å². The number of isocyanates is 1. The number of carboxylic acid groups (broad SMARTS) is 1. The zero-order chi connectivity index (χ0) is 89.4. The Hall–Kier alpha value is -16.6. The second-order valence-electron chi connectivity index (χ2n) is 25.9. The number of rotatable bonds is 16. The molecule has 0 saturated heterocycles. The van der Waals surface area contributed by atoms with Crippen molar-refractivity contribution >= 4 is 137 Å². The van der Waals surface area contributed by atoms with Crippen molar-refractivity contribution in [2.24, 2.45) is 4.99 Å². The third kappa shape index (κ3) is 26.0. The number of H-pyrrole nitrogens is 7. The average Bonchev–Trinajstić information content (AvgIpc) is 1.70. The van der Waals surface area contributed by atoms with Gasteiger partial charge in [-0.25, -0.2) is 39.5 Å². The Morgan fingerprint density at radius 2 is 0.823 bits per heavy atom. The van der Waals surface area contributed by atoms with E-state index in [0.717, 1.165) is 74.9 Å². The van der Waals surface area contributed by atoms with Gasteiger partial charge in [0.1, 0.15) is 28.8 Å². The summed E-state index contributed by atoms with van der Waals surface area (Å²) >= 11 is 11.5. The predicted octanol–water partition coefficient (Wildman–Crippen LogP) is 15.6. The lowest BCUT2D eigenvalue weighted by Crippen LogP contribution is -2.19. The molecule has 43 heteroatoms. The molecule has 9 heterocycles. The number of amides is 2. The van der Waals surface area contributed by atoms with Crippen molar-refractivity contribution in [1.29, 1.82) is 0 Å². The van der Waals surface area contributed by atoms with E-state index >= 15 is 0 Å². The first-order valence-electron chi connectivity index (χ1n) is 35.8. The number of aliphatic imine (C=N–C) groups is 1. The molecule has 16 rings (SSSR count). The topological polar surface area (TPSA) is 554 Å². The molecule has 0 unspecified atom stereocenters. The number of anilines is 5. The van der Waals surface area contributed by atoms with Gasteiger partial charge in [-0.1, -0.05) is 96.0 Å². The van der Waals surface area contributed by atoms with Crippen LogP contribution in [-0.4, -0.2) is 103 Å². The molecular weight excluding hydrogens is 1670 g/mol. The Bertz CT molecular complexity index is 6700. The van der Waals surface area contributed by atoms with Crippen molar-refractivity contribution in [3.8, 4) is 0 Å². The summed E-state index contributed by atoms with van der Waals surface area (Å²) in [5.41, 5.74) is 25.1. The van der Waals surface area contributed by atoms with Crippen LogP contribution in [0.25, 0.3) is 44.1 Å². The van der Waals surface area contributed by atoms with Crippen LogP contribution in [0.2, 0.25) is 10.3 Å². The van der Waals surface area contributed by atoms with E-state index in [-0.39, 0.29) is 56.7 Å². The Labute approximate surface area is 701 Å². The lowest BCUT2D eigenvalue weighted by molar-refractivity contribution is -0.385. The normalized spacial score (nSPS) is 10.7. The molecule has 16 aromatic rings. The fourth-order valence-electron chi connectivity index (χ4n) is 11.1. The van der Waals surface area contributed by atoms with Crippen molar-refractivity contribution in [2.45, 2.75) is 44.5 Å². The number of aromatic nitrogens is 13. The van der Waals surface area contributed by atoms with E-state index in [1.165, 1.54) is 91.3 Å². The zero-order valence-electron chi connectivity index (χ0n) is 63.5. The third-order valence-corrected chi connectivity index (χ3v) is 17.6. The Balaban J connectivity index is 0.000000156. The number of fused-ring (bicyclic) bond motifs is 4. The van der Waals surface area contributed by atoms with Crippen LogP contribution in [0.15, 0.2) is 251 Å². The van der Waals surface area contributed by atoms with E-state index < -0.39 is 50.2 Å². The molecule has 0 aliphatic heterocycles. The van der Waals surface area contributed by atoms with Gasteiger partial charge in [-0.15, -0.1) is 0 Å². The zero-order valence-corrected chi connectivity index (χ0v) is 65.1. The maximum Gasteiger partial charge on any atom is 0.416 e. The first kappa shape index (κ1) is 89.8. The number of urea groups is 1. The molecule has 0 aliphatic rings. The Morgan fingerprint density at radius 1 is 0.460 bits per heavy atom. The predicted molar refractivity (Wildman–Crippen MR) is 450 cm³/mol. The van der Waals surface area contributed by atoms with Crippen LogP contribution in [0.1, 0.15) is 62.2 Å². The number of nitrogens with one attached hydrogen (secondary N) is 9. The van der Waals surface area contributed by atoms with Crippen molar-refractivity contribution in [3.63, 3.8) is 0 Å². The number of alkyl halides is 6. The van der Waals surface area contributed by atoms with Crippen LogP contribution >= 0.6 is 23.2 Å². The van der Waals surface area contributed by atoms with Gasteiger partial charge < -0.3 is 67.8 Å². The van der Waals surface area contributed by atoms with E-state index in [1.807, 2.05) is 24.3 Å². The molecule has 0 spiro atoms. The fraction of sp³-hybridized carbons (Fsp3) is 0.0864. The highest BCUT2D eigenvalue weighted by Gasteiger charge is 2.31. The van der Waals surface area contributed by atoms with Crippen molar-refractivity contribution in [3.05, 3.63) is 365 Å². The molecule has 124 heavy (non-hydrogen) atoms. The number of halogens is 8. The van der Waals surface area contributed by atoms with Crippen molar-refractivity contribution < 1.29 is 60.6 Å². The summed E-state index contributed by atoms with van der Waals surface area (Å²) in [4.78, 5) is 145. The average molecular weight is 1740 g/mol. The first-order chi connectivity index (χ1) is 59.1. The molecule has 0 saturated carbocycles. The van der Waals surface area contributed by atoms with Crippen LogP contribution in [0.5, 0.6) is 0 Å². The van der Waals surface area contributed by atoms with E-state index in [4.69, 9.17) is 45.5 Å². The number of aromatic amines is 7. The standard InChI is InChI=1S/C21H16F3N5O2.C13H9ClN4O2.C13H10N4O3.C13H12N4O.C8H4F3NO.C8H7NO4.C5H6ClN3/c22-21(23,24)13-2-1-3-15(11-13)27-20(31)26-14-6-4-12(5-7-14)10-17-28-16-8-9-25-19(30)18(16)29-17;14-13-12-10(5-6-15-13)16-11(17-12)7-8-1-3-9(4-2-8)18(19)20;18-13-12-10(5-6-14-13)15-11(16-12)7-8-1-3-9(4-2-8)17(19)20;14-9-3-1-8(2-4-9)7-11-16-10-5-6-15-13(18)12(10)17-11;9-8(10,11)6-2-1-3-7(4-6)12-5-13;10-8(11)5-6-1-3-7(4-2-6)9(12)13;6-5-4(8)3(7)1-2-9-5/h1-9,11H,10H2,(H,25,30)(H,28,29)(H2,26,27,31);1-6H,7H2,(H,16,17);1-6H,7H2,(H,14,18)(H,15,16);1-6H,7,14H2,(H,15,18)(H,16,17);1-4H;1-4H,5H2,(H,10,11);1-2H,8H2,(H2,7,9). The summed E-state index contributed by atoms with van der Waals surface area (Å²) in [5.74, 6) is 1.82. The second kappa shape index (κ2) is 41.2. The molecule has 2 amide bonds. The van der Waals surface area contributed by atoms with Crippen LogP contribution < -0.4 is 44.5 Å². The molecule has 0 radical (unpaired) electrons. The number of nitro benzene ring substituents is 3. The molecule has 16 N–H and O–H groups in total. The molecule has 0 aliphatic carbocycles.